The third kappa shape index (κ3) is 6.19. The van der Waals surface area contributed by atoms with E-state index in [1.165, 1.54) is 0 Å². The molecule has 2 aromatic carbocycles. The van der Waals surface area contributed by atoms with Gasteiger partial charge in [-0.05, 0) is 59.8 Å². The zero-order valence-electron chi connectivity index (χ0n) is 21.7. The summed E-state index contributed by atoms with van der Waals surface area (Å²) >= 11 is 0. The van der Waals surface area contributed by atoms with Crippen LogP contribution in [0.1, 0.15) is 31.9 Å². The molecule has 192 valence electrons. The van der Waals surface area contributed by atoms with Crippen molar-refractivity contribution in [2.45, 2.75) is 63.8 Å². The molecule has 3 rings (SSSR count). The van der Waals surface area contributed by atoms with E-state index in [0.717, 1.165) is 16.0 Å². The third-order valence-electron chi connectivity index (χ3n) is 6.82. The quantitative estimate of drug-likeness (QED) is 0.181. The largest absolute Gasteiger partial charge is 0.541 e. The molecule has 0 unspecified atom stereocenters. The predicted octanol–water partition coefficient (Wildman–Crippen LogP) is 5.89. The minimum Gasteiger partial charge on any atom is -0.541 e. The summed E-state index contributed by atoms with van der Waals surface area (Å²) < 4.78 is 17.2. The lowest BCUT2D eigenvalue weighted by molar-refractivity contribution is -0.130. The fourth-order valence-corrected chi connectivity index (χ4v) is 4.76. The Balaban J connectivity index is 1.85. The van der Waals surface area contributed by atoms with Crippen LogP contribution in [0, 0.1) is 0 Å². The van der Waals surface area contributed by atoms with Crippen LogP contribution in [-0.4, -0.2) is 51.0 Å². The number of rotatable bonds is 9. The molecule has 0 bridgehead atoms. The first-order valence-electron chi connectivity index (χ1n) is 11.9. The lowest BCUT2D eigenvalue weighted by atomic mass is 10.0. The Morgan fingerprint density at radius 2 is 1.89 bits per heavy atom. The van der Waals surface area contributed by atoms with Crippen molar-refractivity contribution in [3.05, 3.63) is 70.1 Å². The number of methoxy groups -OCH3 is 1. The van der Waals surface area contributed by atoms with Gasteiger partial charge in [-0.15, -0.1) is 0 Å². The van der Waals surface area contributed by atoms with Gasteiger partial charge in [0.2, 0.25) is 5.91 Å². The normalized spacial score (nSPS) is 16.7. The highest BCUT2D eigenvalue weighted by atomic mass is 28.4. The van der Waals surface area contributed by atoms with E-state index in [-0.39, 0.29) is 18.1 Å². The predicted molar refractivity (Wildman–Crippen MR) is 140 cm³/mol. The number of amides is 2. The maximum Gasteiger partial charge on any atom is 0.416 e. The molecule has 9 nitrogen and oxygen atoms in total. The minimum absolute atomic E-state index is 0.0263. The van der Waals surface area contributed by atoms with Gasteiger partial charge in [0.15, 0.2) is 5.75 Å². The van der Waals surface area contributed by atoms with Gasteiger partial charge < -0.3 is 13.9 Å². The summed E-state index contributed by atoms with van der Waals surface area (Å²) in [5.41, 5.74) is 10.9. The lowest BCUT2D eigenvalue weighted by Crippen LogP contribution is -2.45. The maximum atomic E-state index is 13.4. The molecule has 0 aromatic heterocycles. The molecule has 10 heteroatoms. The Labute approximate surface area is 213 Å². The lowest BCUT2D eigenvalue weighted by Gasteiger charge is -2.37. The Bertz CT molecular complexity index is 1140. The SMILES string of the molecule is COc1ccc(C[C@H](N=[N+]=[N-])C(=O)N2C(=O)OC[C@@H]2Cc2ccccc2)cc1O[Si](C)(C)C(C)(C)C. The van der Waals surface area contributed by atoms with E-state index in [1.807, 2.05) is 36.4 Å². The molecule has 1 aliphatic heterocycles. The van der Waals surface area contributed by atoms with Crippen LogP contribution < -0.4 is 9.16 Å². The van der Waals surface area contributed by atoms with E-state index < -0.39 is 32.4 Å². The van der Waals surface area contributed by atoms with Crippen molar-refractivity contribution in [2.24, 2.45) is 5.11 Å². The number of benzene rings is 2. The van der Waals surface area contributed by atoms with E-state index in [9.17, 15) is 15.1 Å². The smallest absolute Gasteiger partial charge is 0.416 e. The number of nitrogens with zero attached hydrogens (tertiary/aromatic N) is 4. The van der Waals surface area contributed by atoms with Crippen LogP contribution in [0.5, 0.6) is 11.5 Å². The van der Waals surface area contributed by atoms with Crippen LogP contribution in [0.2, 0.25) is 18.1 Å². The van der Waals surface area contributed by atoms with Gasteiger partial charge in [0.05, 0.1) is 13.2 Å². The molecule has 1 aliphatic rings. The molecule has 1 fully saturated rings. The average molecular weight is 511 g/mol. The van der Waals surface area contributed by atoms with Gasteiger partial charge in [-0.3, -0.25) is 4.79 Å². The van der Waals surface area contributed by atoms with Crippen LogP contribution in [-0.2, 0) is 22.4 Å². The van der Waals surface area contributed by atoms with Crippen molar-refractivity contribution < 1.29 is 23.5 Å². The number of ether oxygens (including phenoxy) is 2. The molecule has 1 heterocycles. The highest BCUT2D eigenvalue weighted by Crippen LogP contribution is 2.40. The van der Waals surface area contributed by atoms with Crippen LogP contribution >= 0.6 is 0 Å². The first-order valence-corrected chi connectivity index (χ1v) is 14.8. The monoisotopic (exact) mass is 510 g/mol. The standard InChI is InChI=1S/C26H34N4O5Si/c1-26(2,3)36(5,6)35-23-16-19(12-13-22(23)33-4)15-21(28-29-27)24(31)30-20(17-34-25(30)32)14-18-10-8-7-9-11-18/h7-13,16,20-21H,14-15,17H2,1-6H3/t20-,21-/m0/s1. The van der Waals surface area contributed by atoms with Crippen molar-refractivity contribution in [1.29, 1.82) is 0 Å². The Morgan fingerprint density at radius 1 is 1.19 bits per heavy atom. The zero-order valence-corrected chi connectivity index (χ0v) is 22.7. The van der Waals surface area contributed by atoms with E-state index in [0.29, 0.717) is 17.9 Å². The number of carbonyl (C=O) groups is 2. The fraction of sp³-hybridized carbons (Fsp3) is 0.462. The second-order valence-electron chi connectivity index (χ2n) is 10.4. The number of azide groups is 1. The highest BCUT2D eigenvalue weighted by Gasteiger charge is 2.41. The van der Waals surface area contributed by atoms with Crippen molar-refractivity contribution in [3.63, 3.8) is 0 Å². The van der Waals surface area contributed by atoms with Crippen LogP contribution in [0.25, 0.3) is 10.4 Å². The van der Waals surface area contributed by atoms with E-state index in [1.54, 1.807) is 19.2 Å². The summed E-state index contributed by atoms with van der Waals surface area (Å²) in [5, 5.41) is 3.72. The van der Waals surface area contributed by atoms with Crippen molar-refractivity contribution in [3.8, 4) is 11.5 Å². The summed E-state index contributed by atoms with van der Waals surface area (Å²) in [7, 11) is -0.593. The fourth-order valence-electron chi connectivity index (χ4n) is 3.75. The van der Waals surface area contributed by atoms with Gasteiger partial charge in [0.1, 0.15) is 18.4 Å². The van der Waals surface area contributed by atoms with Crippen molar-refractivity contribution in [2.75, 3.05) is 13.7 Å². The topological polar surface area (TPSA) is 114 Å². The van der Waals surface area contributed by atoms with E-state index in [4.69, 9.17) is 13.9 Å². The van der Waals surface area contributed by atoms with Crippen LogP contribution in [0.15, 0.2) is 53.6 Å². The van der Waals surface area contributed by atoms with Gasteiger partial charge in [-0.2, -0.15) is 0 Å². The molecular formula is C26H34N4O5Si. The third-order valence-corrected chi connectivity index (χ3v) is 11.2. The number of imide groups is 1. The summed E-state index contributed by atoms with van der Waals surface area (Å²) in [4.78, 5) is 29.9. The van der Waals surface area contributed by atoms with Gasteiger partial charge in [-0.1, -0.05) is 62.3 Å². The summed E-state index contributed by atoms with van der Waals surface area (Å²) in [6.45, 7) is 10.8. The van der Waals surface area contributed by atoms with E-state index >= 15 is 0 Å². The molecule has 2 atom stereocenters. The Kier molecular flexibility index (Phi) is 8.32. The molecule has 1 saturated heterocycles. The Morgan fingerprint density at radius 3 is 2.50 bits per heavy atom. The molecule has 0 N–H and O–H groups in total. The number of hydrogen-bond acceptors (Lipinski definition) is 6. The van der Waals surface area contributed by atoms with Gasteiger partial charge in [0.25, 0.3) is 8.32 Å². The van der Waals surface area contributed by atoms with Gasteiger partial charge >= 0.3 is 6.09 Å². The second-order valence-corrected chi connectivity index (χ2v) is 15.1. The molecule has 2 aromatic rings. The van der Waals surface area contributed by atoms with Crippen LogP contribution in [0.3, 0.4) is 0 Å². The van der Waals surface area contributed by atoms with Crippen molar-refractivity contribution in [1.82, 2.24) is 4.90 Å². The number of cyclic esters (lactones) is 1. The summed E-state index contributed by atoms with van der Waals surface area (Å²) in [6, 6.07) is 13.4. The van der Waals surface area contributed by atoms with Crippen molar-refractivity contribution >= 4 is 20.3 Å². The molecule has 0 aliphatic carbocycles. The highest BCUT2D eigenvalue weighted by molar-refractivity contribution is 6.74. The number of hydrogen-bond donors (Lipinski definition) is 0. The molecule has 2 amide bonds. The Hall–Kier alpha value is -3.49. The molecule has 0 spiro atoms. The van der Waals surface area contributed by atoms with Gasteiger partial charge in [-0.25, -0.2) is 9.69 Å². The van der Waals surface area contributed by atoms with E-state index in [2.05, 4.69) is 43.9 Å². The number of carbonyl (C=O) groups excluding carboxylic acids is 2. The molecule has 0 saturated carbocycles. The minimum atomic E-state index is -2.17. The average Bonchev–Trinajstić information content (AvgIpc) is 3.18. The van der Waals surface area contributed by atoms with Gasteiger partial charge in [0, 0.05) is 4.91 Å². The second kappa shape index (κ2) is 11.1. The summed E-state index contributed by atoms with van der Waals surface area (Å²) in [5.74, 6) is 0.580. The summed E-state index contributed by atoms with van der Waals surface area (Å²) in [6.07, 6.45) is -0.174. The maximum absolute atomic E-state index is 13.4. The van der Waals surface area contributed by atoms with Crippen LogP contribution in [0.4, 0.5) is 4.79 Å². The first-order chi connectivity index (χ1) is 17.0. The molecular weight excluding hydrogens is 476 g/mol. The molecule has 0 radical (unpaired) electrons. The zero-order chi connectivity index (χ0) is 26.5. The first kappa shape index (κ1) is 27.1. The molecule has 36 heavy (non-hydrogen) atoms.